The van der Waals surface area contributed by atoms with Crippen molar-refractivity contribution >= 4 is 43.3 Å². The molecule has 5 rings (SSSR count). The summed E-state index contributed by atoms with van der Waals surface area (Å²) in [4.78, 5) is 16.1. The molecule has 180 valence electrons. The summed E-state index contributed by atoms with van der Waals surface area (Å²) in [5.74, 6) is 0.999. The Morgan fingerprint density at radius 1 is 1.12 bits per heavy atom. The summed E-state index contributed by atoms with van der Waals surface area (Å²) in [5.41, 5.74) is 2.51. The van der Waals surface area contributed by atoms with Crippen molar-refractivity contribution in [3.8, 4) is 5.75 Å². The van der Waals surface area contributed by atoms with Crippen molar-refractivity contribution in [2.24, 2.45) is 0 Å². The van der Waals surface area contributed by atoms with Gasteiger partial charge in [0.25, 0.3) is 5.91 Å². The summed E-state index contributed by atoms with van der Waals surface area (Å²) in [6.45, 7) is 7.04. The van der Waals surface area contributed by atoms with Gasteiger partial charge in [-0.05, 0) is 96.8 Å². The molecule has 2 aliphatic heterocycles. The van der Waals surface area contributed by atoms with E-state index in [1.54, 1.807) is 11.3 Å². The van der Waals surface area contributed by atoms with E-state index >= 15 is 0 Å². The van der Waals surface area contributed by atoms with Gasteiger partial charge in [-0.2, -0.15) is 0 Å². The van der Waals surface area contributed by atoms with Gasteiger partial charge in [0.05, 0.1) is 9.35 Å². The summed E-state index contributed by atoms with van der Waals surface area (Å²) < 4.78 is 8.41. The Hall–Kier alpha value is -1.93. The zero-order chi connectivity index (χ0) is 23.5. The molecule has 5 nitrogen and oxygen atoms in total. The van der Waals surface area contributed by atoms with Gasteiger partial charge in [0, 0.05) is 30.4 Å². The Morgan fingerprint density at radius 2 is 1.91 bits per heavy atom. The predicted molar refractivity (Wildman–Crippen MR) is 143 cm³/mol. The van der Waals surface area contributed by atoms with Crippen LogP contribution in [0.3, 0.4) is 0 Å². The van der Waals surface area contributed by atoms with Crippen LogP contribution in [0.15, 0.2) is 46.9 Å². The summed E-state index contributed by atoms with van der Waals surface area (Å²) in [6, 6.07) is 15.1. The molecule has 2 fully saturated rings. The molecule has 0 unspecified atom stereocenters. The van der Waals surface area contributed by atoms with Gasteiger partial charge >= 0.3 is 0 Å². The van der Waals surface area contributed by atoms with Gasteiger partial charge in [-0.3, -0.25) is 9.69 Å². The molecule has 2 aromatic carbocycles. The number of thiophene rings is 1. The normalized spacial score (nSPS) is 18.3. The number of hydrogen-bond donors (Lipinski definition) is 2. The molecule has 0 bridgehead atoms. The summed E-state index contributed by atoms with van der Waals surface area (Å²) in [6.07, 6.45) is 4.38. The zero-order valence-corrected chi connectivity index (χ0v) is 22.0. The maximum Gasteiger partial charge on any atom is 0.261 e. The number of ether oxygens (including phenoxy) is 1. The van der Waals surface area contributed by atoms with Crippen molar-refractivity contribution in [1.82, 2.24) is 15.5 Å². The Balaban J connectivity index is 1.11. The Bertz CT molecular complexity index is 1150. The van der Waals surface area contributed by atoms with Crippen LogP contribution in [-0.2, 0) is 6.54 Å². The molecule has 7 heteroatoms. The Kier molecular flexibility index (Phi) is 7.54. The number of piperidine rings is 2. The maximum absolute atomic E-state index is 12.8. The van der Waals surface area contributed by atoms with Crippen LogP contribution in [0, 0.1) is 6.92 Å². The standard InChI is InChI=1S/C27H32BrN3O2S/c1-18-2-5-25-20(14-18)16-26(34-25)27(32)30-21-8-12-31(13-9-21)17-19-3-4-24(23(28)15-19)33-22-6-10-29-11-7-22/h2-5,14-16,21-22,29H,6-13,17H2,1H3,(H,30,32). The van der Waals surface area contributed by atoms with Gasteiger partial charge in [0.1, 0.15) is 11.9 Å². The van der Waals surface area contributed by atoms with Gasteiger partial charge in [0.15, 0.2) is 0 Å². The highest BCUT2D eigenvalue weighted by molar-refractivity contribution is 9.10. The van der Waals surface area contributed by atoms with E-state index in [-0.39, 0.29) is 11.9 Å². The highest BCUT2D eigenvalue weighted by atomic mass is 79.9. The third-order valence-electron chi connectivity index (χ3n) is 6.80. The number of likely N-dealkylation sites (tertiary alicyclic amines) is 1. The highest BCUT2D eigenvalue weighted by Gasteiger charge is 2.22. The lowest BCUT2D eigenvalue weighted by Gasteiger charge is -2.32. The molecule has 3 aromatic rings. The second-order valence-electron chi connectivity index (χ2n) is 9.51. The zero-order valence-electron chi connectivity index (χ0n) is 19.6. The lowest BCUT2D eigenvalue weighted by atomic mass is 10.0. The van der Waals surface area contributed by atoms with Crippen molar-refractivity contribution < 1.29 is 9.53 Å². The molecule has 3 heterocycles. The molecule has 0 saturated carbocycles. The lowest BCUT2D eigenvalue weighted by molar-refractivity contribution is 0.0913. The predicted octanol–water partition coefficient (Wildman–Crippen LogP) is 5.50. The second-order valence-corrected chi connectivity index (χ2v) is 11.4. The Morgan fingerprint density at radius 3 is 2.68 bits per heavy atom. The number of carbonyl (C=O) groups is 1. The first-order chi connectivity index (χ1) is 16.5. The van der Waals surface area contributed by atoms with Crippen LogP contribution in [-0.4, -0.2) is 49.1 Å². The number of halogens is 1. The number of rotatable bonds is 6. The minimum atomic E-state index is 0.0607. The number of carbonyl (C=O) groups excluding carboxylic acids is 1. The average molecular weight is 543 g/mol. The monoisotopic (exact) mass is 541 g/mol. The molecule has 0 radical (unpaired) electrons. The number of aryl methyl sites for hydroxylation is 1. The van der Waals surface area contributed by atoms with Crippen molar-refractivity contribution in [3.63, 3.8) is 0 Å². The van der Waals surface area contributed by atoms with Crippen LogP contribution >= 0.6 is 27.3 Å². The summed E-state index contributed by atoms with van der Waals surface area (Å²) in [5, 5.41) is 7.80. The molecule has 2 saturated heterocycles. The van der Waals surface area contributed by atoms with Gasteiger partial charge in [-0.1, -0.05) is 23.8 Å². The molecule has 1 amide bonds. The fourth-order valence-electron chi connectivity index (χ4n) is 4.86. The van der Waals surface area contributed by atoms with Crippen LogP contribution in [0.2, 0.25) is 0 Å². The van der Waals surface area contributed by atoms with Gasteiger partial charge in [0.2, 0.25) is 0 Å². The first kappa shape index (κ1) is 23.8. The highest BCUT2D eigenvalue weighted by Crippen LogP contribution is 2.30. The minimum Gasteiger partial charge on any atom is -0.489 e. The van der Waals surface area contributed by atoms with Crippen molar-refractivity contribution in [2.45, 2.75) is 51.3 Å². The number of benzene rings is 2. The molecule has 2 N–H and O–H groups in total. The molecular weight excluding hydrogens is 510 g/mol. The second kappa shape index (κ2) is 10.8. The molecule has 0 aliphatic carbocycles. The summed E-state index contributed by atoms with van der Waals surface area (Å²) >= 11 is 5.29. The van der Waals surface area contributed by atoms with Crippen molar-refractivity contribution in [2.75, 3.05) is 26.2 Å². The van der Waals surface area contributed by atoms with E-state index in [2.05, 4.69) is 74.8 Å². The van der Waals surface area contributed by atoms with Crippen LogP contribution in [0.25, 0.3) is 10.1 Å². The third-order valence-corrected chi connectivity index (χ3v) is 8.54. The minimum absolute atomic E-state index is 0.0607. The quantitative estimate of drug-likeness (QED) is 0.432. The van der Waals surface area contributed by atoms with Crippen LogP contribution in [0.4, 0.5) is 0 Å². The molecule has 0 atom stereocenters. The van der Waals surface area contributed by atoms with E-state index in [1.807, 2.05) is 6.07 Å². The molecule has 0 spiro atoms. The van der Waals surface area contributed by atoms with Gasteiger partial charge < -0.3 is 15.4 Å². The van der Waals surface area contributed by atoms with Crippen LogP contribution in [0.5, 0.6) is 5.75 Å². The fraction of sp³-hybridized carbons (Fsp3) is 0.444. The van der Waals surface area contributed by atoms with Crippen LogP contribution in [0.1, 0.15) is 46.5 Å². The third kappa shape index (κ3) is 5.82. The van der Waals surface area contributed by atoms with E-state index in [4.69, 9.17) is 4.74 Å². The number of amides is 1. The van der Waals surface area contributed by atoms with Crippen molar-refractivity contribution in [3.05, 3.63) is 62.9 Å². The van der Waals surface area contributed by atoms with Crippen LogP contribution < -0.4 is 15.4 Å². The topological polar surface area (TPSA) is 53.6 Å². The number of fused-ring (bicyclic) bond motifs is 1. The number of hydrogen-bond acceptors (Lipinski definition) is 5. The number of nitrogens with one attached hydrogen (secondary N) is 2. The first-order valence-electron chi connectivity index (χ1n) is 12.2. The smallest absolute Gasteiger partial charge is 0.261 e. The first-order valence-corrected chi connectivity index (χ1v) is 13.8. The van der Waals surface area contributed by atoms with Crippen molar-refractivity contribution in [1.29, 1.82) is 0 Å². The van der Waals surface area contributed by atoms with E-state index in [0.717, 1.165) is 78.9 Å². The van der Waals surface area contributed by atoms with E-state index in [9.17, 15) is 4.79 Å². The lowest BCUT2D eigenvalue weighted by Crippen LogP contribution is -2.44. The van der Waals surface area contributed by atoms with Gasteiger partial charge in [-0.25, -0.2) is 0 Å². The average Bonchev–Trinajstić information content (AvgIpc) is 3.26. The van der Waals surface area contributed by atoms with E-state index < -0.39 is 0 Å². The molecule has 2 aliphatic rings. The molecule has 1 aromatic heterocycles. The van der Waals surface area contributed by atoms with E-state index in [1.165, 1.54) is 15.8 Å². The summed E-state index contributed by atoms with van der Waals surface area (Å²) in [7, 11) is 0. The van der Waals surface area contributed by atoms with E-state index in [0.29, 0.717) is 6.10 Å². The largest absolute Gasteiger partial charge is 0.489 e. The fourth-order valence-corrected chi connectivity index (χ4v) is 6.32. The van der Waals surface area contributed by atoms with Gasteiger partial charge in [-0.15, -0.1) is 11.3 Å². The molecular formula is C27H32BrN3O2S. The SMILES string of the molecule is Cc1ccc2sc(C(=O)NC3CCN(Cc4ccc(OC5CCNCC5)c(Br)c4)CC3)cc2c1. The molecule has 34 heavy (non-hydrogen) atoms. The maximum atomic E-state index is 12.8. The number of nitrogens with zero attached hydrogens (tertiary/aromatic N) is 1. The Labute approximate surface area is 214 Å².